The number of nitrogens with two attached hydrogens (primary N) is 1. The van der Waals surface area contributed by atoms with Crippen LogP contribution in [0.15, 0.2) is 0 Å². The molecule has 3 aliphatic rings. The van der Waals surface area contributed by atoms with Crippen LogP contribution in [-0.4, -0.2) is 67.3 Å². The smallest absolute Gasteiger partial charge is 0.0645 e. The van der Waals surface area contributed by atoms with Crippen molar-refractivity contribution >= 4 is 0 Å². The van der Waals surface area contributed by atoms with Gasteiger partial charge in [-0.1, -0.05) is 48.5 Å². The maximum Gasteiger partial charge on any atom is 0.0645 e. The lowest BCUT2D eigenvalue weighted by Gasteiger charge is -2.50. The van der Waals surface area contributed by atoms with Crippen LogP contribution < -0.4 is 5.73 Å². The Morgan fingerprint density at radius 3 is 2.06 bits per heavy atom. The van der Waals surface area contributed by atoms with E-state index >= 15 is 0 Å². The lowest BCUT2D eigenvalue weighted by Crippen LogP contribution is -2.58. The van der Waals surface area contributed by atoms with Crippen LogP contribution in [0.4, 0.5) is 0 Å². The quantitative estimate of drug-likeness (QED) is 0.601. The van der Waals surface area contributed by atoms with Gasteiger partial charge >= 0.3 is 0 Å². The van der Waals surface area contributed by atoms with Gasteiger partial charge in [0.2, 0.25) is 0 Å². The number of hydrogen-bond acceptors (Lipinski definition) is 4. The van der Waals surface area contributed by atoms with E-state index < -0.39 is 0 Å². The Morgan fingerprint density at radius 1 is 0.968 bits per heavy atom. The molecule has 3 saturated heterocycles. The van der Waals surface area contributed by atoms with Crippen LogP contribution in [0, 0.1) is 23.2 Å². The lowest BCUT2D eigenvalue weighted by atomic mass is 9.71. The van der Waals surface area contributed by atoms with Crippen molar-refractivity contribution in [2.24, 2.45) is 28.9 Å². The normalized spacial score (nSPS) is 30.7. The Hall–Kier alpha value is -0.160. The molecule has 0 amide bonds. The van der Waals surface area contributed by atoms with Gasteiger partial charge in [0.1, 0.15) is 0 Å². The largest absolute Gasteiger partial charge is 0.378 e. The molecule has 0 bridgehead atoms. The molecule has 4 heteroatoms. The maximum absolute atomic E-state index is 5.56. The number of piperidine rings is 2. The minimum atomic E-state index is 0.447. The SMILES string of the molecule is CC.CC(C)C1CCCN(CCCN)C1C.CC1C(C(C)(C)C)CCCN1C1COC1. The van der Waals surface area contributed by atoms with Gasteiger partial charge in [-0.3, -0.25) is 4.90 Å². The second-order valence-electron chi connectivity index (χ2n) is 11.3. The van der Waals surface area contributed by atoms with Crippen LogP contribution in [0.1, 0.15) is 94.4 Å². The molecule has 4 atom stereocenters. The summed E-state index contributed by atoms with van der Waals surface area (Å²) in [5, 5.41) is 0. The van der Waals surface area contributed by atoms with E-state index in [-0.39, 0.29) is 0 Å². The van der Waals surface area contributed by atoms with E-state index in [0.29, 0.717) is 11.5 Å². The maximum atomic E-state index is 5.56. The lowest BCUT2D eigenvalue weighted by molar-refractivity contribution is -0.104. The molecule has 4 unspecified atom stereocenters. The van der Waals surface area contributed by atoms with Gasteiger partial charge in [0.05, 0.1) is 19.3 Å². The molecule has 3 aliphatic heterocycles. The number of likely N-dealkylation sites (tertiary alicyclic amines) is 2. The summed E-state index contributed by atoms with van der Waals surface area (Å²) < 4.78 is 5.32. The molecule has 0 aromatic carbocycles. The van der Waals surface area contributed by atoms with Crippen LogP contribution in [0.2, 0.25) is 0 Å². The zero-order valence-corrected chi connectivity index (χ0v) is 22.6. The summed E-state index contributed by atoms with van der Waals surface area (Å²) in [5.41, 5.74) is 6.01. The number of rotatable bonds is 5. The standard InChI is InChI=1S/C13H25NO.C12H26N2.C2H6/c1-10-12(13(2,3)4)6-5-7-14(10)11-8-15-9-11;1-10(2)12-6-4-8-14(11(12)3)9-5-7-13;1-2/h10-12H,5-9H2,1-4H3;10-12H,4-9,13H2,1-3H3;1-2H3. The van der Waals surface area contributed by atoms with Crippen molar-refractivity contribution in [3.63, 3.8) is 0 Å². The van der Waals surface area contributed by atoms with E-state index in [9.17, 15) is 0 Å². The van der Waals surface area contributed by atoms with E-state index in [4.69, 9.17) is 10.5 Å². The number of nitrogens with zero attached hydrogens (tertiary/aromatic N) is 2. The van der Waals surface area contributed by atoms with E-state index in [0.717, 1.165) is 56.0 Å². The summed E-state index contributed by atoms with van der Waals surface area (Å²) in [4.78, 5) is 5.31. The predicted octanol–water partition coefficient (Wildman–Crippen LogP) is 5.65. The van der Waals surface area contributed by atoms with Crippen molar-refractivity contribution in [2.45, 2.75) is 113 Å². The minimum absolute atomic E-state index is 0.447. The Kier molecular flexibility index (Phi) is 13.2. The van der Waals surface area contributed by atoms with E-state index in [1.165, 1.54) is 45.3 Å². The summed E-state index contributed by atoms with van der Waals surface area (Å²) in [6.07, 6.45) is 6.70. The van der Waals surface area contributed by atoms with Gasteiger partial charge in [0.15, 0.2) is 0 Å². The third kappa shape index (κ3) is 8.61. The molecule has 0 saturated carbocycles. The first kappa shape index (κ1) is 28.9. The Labute approximate surface area is 195 Å². The number of hydrogen-bond donors (Lipinski definition) is 1. The van der Waals surface area contributed by atoms with Gasteiger partial charge in [-0.25, -0.2) is 0 Å². The van der Waals surface area contributed by atoms with E-state index in [1.54, 1.807) is 0 Å². The zero-order chi connectivity index (χ0) is 23.6. The van der Waals surface area contributed by atoms with E-state index in [1.807, 2.05) is 13.8 Å². The molecule has 2 N–H and O–H groups in total. The highest BCUT2D eigenvalue weighted by Crippen LogP contribution is 2.38. The average molecular weight is 440 g/mol. The van der Waals surface area contributed by atoms with Gasteiger partial charge in [-0.15, -0.1) is 0 Å². The second-order valence-corrected chi connectivity index (χ2v) is 11.3. The first-order valence-electron chi connectivity index (χ1n) is 13.4. The summed E-state index contributed by atoms with van der Waals surface area (Å²) in [6, 6.07) is 2.20. The zero-order valence-electron chi connectivity index (χ0n) is 22.6. The second kappa shape index (κ2) is 14.2. The Morgan fingerprint density at radius 2 is 1.58 bits per heavy atom. The molecule has 31 heavy (non-hydrogen) atoms. The molecule has 4 nitrogen and oxygen atoms in total. The molecule has 3 heterocycles. The monoisotopic (exact) mass is 439 g/mol. The third-order valence-corrected chi connectivity index (χ3v) is 7.92. The van der Waals surface area contributed by atoms with Crippen molar-refractivity contribution in [2.75, 3.05) is 39.4 Å². The molecule has 3 fully saturated rings. The van der Waals surface area contributed by atoms with Gasteiger partial charge in [0.25, 0.3) is 0 Å². The molecule has 0 radical (unpaired) electrons. The molecule has 0 aliphatic carbocycles. The van der Waals surface area contributed by atoms with Gasteiger partial charge in [0, 0.05) is 12.1 Å². The highest BCUT2D eigenvalue weighted by molar-refractivity contribution is 4.92. The fourth-order valence-electron chi connectivity index (χ4n) is 6.00. The van der Waals surface area contributed by atoms with Crippen LogP contribution in [0.25, 0.3) is 0 Å². The fourth-order valence-corrected chi connectivity index (χ4v) is 6.00. The van der Waals surface area contributed by atoms with Crippen LogP contribution in [-0.2, 0) is 4.74 Å². The summed E-state index contributed by atoms with van der Waals surface area (Å²) in [7, 11) is 0. The molecular weight excluding hydrogens is 382 g/mol. The minimum Gasteiger partial charge on any atom is -0.378 e. The van der Waals surface area contributed by atoms with Crippen LogP contribution >= 0.6 is 0 Å². The van der Waals surface area contributed by atoms with Gasteiger partial charge in [-0.2, -0.15) is 0 Å². The predicted molar refractivity (Wildman–Crippen MR) is 137 cm³/mol. The van der Waals surface area contributed by atoms with Crippen LogP contribution in [0.3, 0.4) is 0 Å². The Bertz CT molecular complexity index is 458. The number of ether oxygens (including phenoxy) is 1. The third-order valence-electron chi connectivity index (χ3n) is 7.92. The van der Waals surface area contributed by atoms with Crippen molar-refractivity contribution < 1.29 is 4.74 Å². The van der Waals surface area contributed by atoms with Gasteiger partial charge in [-0.05, 0) is 95.3 Å². The van der Waals surface area contributed by atoms with Gasteiger partial charge < -0.3 is 15.4 Å². The molecule has 3 rings (SSSR count). The van der Waals surface area contributed by atoms with Crippen molar-refractivity contribution in [3.8, 4) is 0 Å². The van der Waals surface area contributed by atoms with Crippen LogP contribution in [0.5, 0.6) is 0 Å². The highest BCUT2D eigenvalue weighted by atomic mass is 16.5. The average Bonchev–Trinajstić information content (AvgIpc) is 2.68. The fraction of sp³-hybridized carbons (Fsp3) is 1.00. The van der Waals surface area contributed by atoms with Crippen molar-refractivity contribution in [1.29, 1.82) is 0 Å². The molecule has 186 valence electrons. The van der Waals surface area contributed by atoms with E-state index in [2.05, 4.69) is 58.3 Å². The molecule has 0 aromatic heterocycles. The first-order chi connectivity index (χ1) is 14.7. The summed E-state index contributed by atoms with van der Waals surface area (Å²) >= 11 is 0. The summed E-state index contributed by atoms with van der Waals surface area (Å²) in [5.74, 6) is 2.55. The molecule has 0 spiro atoms. The topological polar surface area (TPSA) is 41.7 Å². The Balaban J connectivity index is 0.000000288. The summed E-state index contributed by atoms with van der Waals surface area (Å²) in [6.45, 7) is 27.2. The van der Waals surface area contributed by atoms with Crippen molar-refractivity contribution in [1.82, 2.24) is 9.80 Å². The van der Waals surface area contributed by atoms with Crippen molar-refractivity contribution in [3.05, 3.63) is 0 Å². The first-order valence-corrected chi connectivity index (χ1v) is 13.4. The molecular formula is C27H57N3O. The molecule has 0 aromatic rings. The highest BCUT2D eigenvalue weighted by Gasteiger charge is 2.40.